The zero-order chi connectivity index (χ0) is 15.0. The average Bonchev–Trinajstić information content (AvgIpc) is 2.66. The molecule has 0 saturated carbocycles. The Bertz CT molecular complexity index is 546. The lowest BCUT2D eigenvalue weighted by atomic mass is 10.1. The molecule has 2 bridgehead atoms. The molecule has 0 unspecified atom stereocenters. The number of aryl methyl sites for hydroxylation is 1. The highest BCUT2D eigenvalue weighted by Gasteiger charge is 2.34. The maximum absolute atomic E-state index is 12.7. The molecule has 114 valence electrons. The molecular weight excluding hydrogens is 268 g/mol. The summed E-state index contributed by atoms with van der Waals surface area (Å²) in [6.45, 7) is 5.55. The third kappa shape index (κ3) is 2.89. The van der Waals surface area contributed by atoms with E-state index in [1.54, 1.807) is 12.1 Å². The summed E-state index contributed by atoms with van der Waals surface area (Å²) < 4.78 is 5.68. The first-order valence-corrected chi connectivity index (χ1v) is 7.41. The minimum Gasteiger partial charge on any atom is -0.507 e. The quantitative estimate of drug-likeness (QED) is 0.841. The minimum atomic E-state index is -0.0836. The van der Waals surface area contributed by atoms with E-state index in [0.29, 0.717) is 37.8 Å². The van der Waals surface area contributed by atoms with Crippen LogP contribution in [0.5, 0.6) is 5.75 Å². The van der Waals surface area contributed by atoms with E-state index in [1.165, 1.54) is 0 Å². The number of hydrogen-bond donors (Lipinski definition) is 1. The molecule has 2 aliphatic heterocycles. The smallest absolute Gasteiger partial charge is 0.257 e. The van der Waals surface area contributed by atoms with Gasteiger partial charge in [0.2, 0.25) is 0 Å². The molecule has 5 heteroatoms. The number of carbonyl (C=O) groups excluding carboxylic acids is 1. The van der Waals surface area contributed by atoms with E-state index < -0.39 is 0 Å². The lowest BCUT2D eigenvalue weighted by Crippen LogP contribution is -2.44. The molecule has 21 heavy (non-hydrogen) atoms. The number of nitrogens with zero attached hydrogens (tertiary/aromatic N) is 2. The first-order chi connectivity index (χ1) is 10.0. The van der Waals surface area contributed by atoms with E-state index in [2.05, 4.69) is 11.9 Å². The molecule has 0 aliphatic carbocycles. The van der Waals surface area contributed by atoms with Crippen molar-refractivity contribution in [1.82, 2.24) is 9.80 Å². The fourth-order valence-electron chi connectivity index (χ4n) is 3.21. The van der Waals surface area contributed by atoms with Crippen molar-refractivity contribution in [3.63, 3.8) is 0 Å². The summed E-state index contributed by atoms with van der Waals surface area (Å²) in [5, 5.41) is 10.0. The minimum absolute atomic E-state index is 0.0685. The van der Waals surface area contributed by atoms with Gasteiger partial charge in [-0.15, -0.1) is 0 Å². The SMILES string of the molecule is Cc1ccc(C(=O)N2C[C@@H]3COC[C@H](C2)N(C)C3)c(O)c1. The van der Waals surface area contributed by atoms with Crippen molar-refractivity contribution >= 4 is 5.91 Å². The zero-order valence-corrected chi connectivity index (χ0v) is 12.6. The van der Waals surface area contributed by atoms with Crippen LogP contribution >= 0.6 is 0 Å². The summed E-state index contributed by atoms with van der Waals surface area (Å²) in [5.74, 6) is 0.317. The van der Waals surface area contributed by atoms with Gasteiger partial charge in [-0.3, -0.25) is 9.69 Å². The van der Waals surface area contributed by atoms with Gasteiger partial charge in [-0.05, 0) is 31.7 Å². The van der Waals surface area contributed by atoms with Gasteiger partial charge in [0.05, 0.1) is 24.8 Å². The molecule has 2 fully saturated rings. The highest BCUT2D eigenvalue weighted by atomic mass is 16.5. The van der Waals surface area contributed by atoms with Crippen LogP contribution in [0.2, 0.25) is 0 Å². The number of phenolic OH excluding ortho intramolecular Hbond substituents is 1. The molecule has 1 aromatic rings. The van der Waals surface area contributed by atoms with Gasteiger partial charge in [-0.25, -0.2) is 0 Å². The van der Waals surface area contributed by atoms with Gasteiger partial charge >= 0.3 is 0 Å². The number of ether oxygens (including phenoxy) is 1. The number of amides is 1. The Hall–Kier alpha value is -1.59. The third-order valence-corrected chi connectivity index (χ3v) is 4.41. The lowest BCUT2D eigenvalue weighted by molar-refractivity contribution is 0.0432. The van der Waals surface area contributed by atoms with Gasteiger partial charge in [0.15, 0.2) is 0 Å². The molecule has 1 amide bonds. The van der Waals surface area contributed by atoms with E-state index in [4.69, 9.17) is 4.74 Å². The highest BCUT2D eigenvalue weighted by Crippen LogP contribution is 2.24. The Balaban J connectivity index is 1.84. The second-order valence-corrected chi connectivity index (χ2v) is 6.23. The maximum Gasteiger partial charge on any atom is 0.257 e. The van der Waals surface area contributed by atoms with Crippen LogP contribution in [0.25, 0.3) is 0 Å². The van der Waals surface area contributed by atoms with Crippen molar-refractivity contribution in [2.75, 3.05) is 39.9 Å². The molecule has 2 aliphatic rings. The second-order valence-electron chi connectivity index (χ2n) is 6.23. The van der Waals surface area contributed by atoms with E-state index in [1.807, 2.05) is 17.9 Å². The zero-order valence-electron chi connectivity index (χ0n) is 12.6. The topological polar surface area (TPSA) is 53.0 Å². The van der Waals surface area contributed by atoms with Crippen molar-refractivity contribution < 1.29 is 14.6 Å². The molecule has 1 N–H and O–H groups in total. The highest BCUT2D eigenvalue weighted by molar-refractivity contribution is 5.97. The summed E-state index contributed by atoms with van der Waals surface area (Å²) in [5.41, 5.74) is 1.34. The summed E-state index contributed by atoms with van der Waals surface area (Å²) in [6, 6.07) is 5.45. The summed E-state index contributed by atoms with van der Waals surface area (Å²) in [4.78, 5) is 16.9. The number of rotatable bonds is 1. The Morgan fingerprint density at radius 3 is 2.86 bits per heavy atom. The third-order valence-electron chi connectivity index (χ3n) is 4.41. The average molecular weight is 290 g/mol. The first kappa shape index (κ1) is 14.4. The predicted molar refractivity (Wildman–Crippen MR) is 79.5 cm³/mol. The van der Waals surface area contributed by atoms with Gasteiger partial charge in [0, 0.05) is 25.6 Å². The molecule has 2 atom stereocenters. The number of hydrogen-bond acceptors (Lipinski definition) is 4. The van der Waals surface area contributed by atoms with Crippen molar-refractivity contribution in [3.05, 3.63) is 29.3 Å². The molecule has 2 heterocycles. The number of carbonyl (C=O) groups is 1. The van der Waals surface area contributed by atoms with Crippen LogP contribution in [0.4, 0.5) is 0 Å². The molecule has 3 rings (SSSR count). The normalized spacial score (nSPS) is 26.5. The van der Waals surface area contributed by atoms with Gasteiger partial charge in [-0.1, -0.05) is 6.07 Å². The number of benzene rings is 1. The lowest BCUT2D eigenvalue weighted by Gasteiger charge is -2.30. The number of phenols is 1. The Kier molecular flexibility index (Phi) is 3.87. The van der Waals surface area contributed by atoms with Gasteiger partial charge in [-0.2, -0.15) is 0 Å². The van der Waals surface area contributed by atoms with E-state index in [0.717, 1.165) is 12.1 Å². The van der Waals surface area contributed by atoms with E-state index >= 15 is 0 Å². The summed E-state index contributed by atoms with van der Waals surface area (Å²) in [7, 11) is 2.09. The van der Waals surface area contributed by atoms with E-state index in [9.17, 15) is 9.90 Å². The standard InChI is InChI=1S/C16H22N2O3/c1-11-3-4-14(15(19)5-11)16(20)18-7-12-6-17(2)13(8-18)10-21-9-12/h3-5,12-13,19H,6-10H2,1-2H3/t12-,13+/m1/s1. The Morgan fingerprint density at radius 1 is 1.29 bits per heavy atom. The van der Waals surface area contributed by atoms with Crippen LogP contribution < -0.4 is 0 Å². The van der Waals surface area contributed by atoms with Crippen LogP contribution in [0.15, 0.2) is 18.2 Å². The number of likely N-dealkylation sites (N-methyl/N-ethyl adjacent to an activating group) is 1. The fourth-order valence-corrected chi connectivity index (χ4v) is 3.21. The predicted octanol–water partition coefficient (Wildman–Crippen LogP) is 1.10. The van der Waals surface area contributed by atoms with Crippen LogP contribution in [-0.4, -0.2) is 66.8 Å². The molecular formula is C16H22N2O3. The van der Waals surface area contributed by atoms with Crippen molar-refractivity contribution in [2.45, 2.75) is 13.0 Å². The summed E-state index contributed by atoms with van der Waals surface area (Å²) in [6.07, 6.45) is 0. The molecule has 0 radical (unpaired) electrons. The van der Waals surface area contributed by atoms with Crippen molar-refractivity contribution in [1.29, 1.82) is 0 Å². The van der Waals surface area contributed by atoms with Gasteiger partial charge in [0.1, 0.15) is 5.75 Å². The molecule has 0 spiro atoms. The Labute approximate surface area is 125 Å². The molecule has 0 aromatic heterocycles. The number of fused-ring (bicyclic) bond motifs is 3. The molecule has 1 aromatic carbocycles. The van der Waals surface area contributed by atoms with Crippen LogP contribution in [0.1, 0.15) is 15.9 Å². The monoisotopic (exact) mass is 290 g/mol. The molecule has 2 saturated heterocycles. The number of aromatic hydroxyl groups is 1. The van der Waals surface area contributed by atoms with Crippen LogP contribution in [0, 0.1) is 12.8 Å². The van der Waals surface area contributed by atoms with Gasteiger partial charge in [0.25, 0.3) is 5.91 Å². The van der Waals surface area contributed by atoms with Crippen LogP contribution in [-0.2, 0) is 4.74 Å². The van der Waals surface area contributed by atoms with Gasteiger partial charge < -0.3 is 14.7 Å². The van der Waals surface area contributed by atoms with Crippen molar-refractivity contribution in [2.24, 2.45) is 5.92 Å². The molecule has 5 nitrogen and oxygen atoms in total. The maximum atomic E-state index is 12.7. The van der Waals surface area contributed by atoms with E-state index in [-0.39, 0.29) is 17.7 Å². The van der Waals surface area contributed by atoms with Crippen molar-refractivity contribution in [3.8, 4) is 5.75 Å². The Morgan fingerprint density at radius 2 is 2.10 bits per heavy atom. The summed E-state index contributed by atoms with van der Waals surface area (Å²) >= 11 is 0. The fraction of sp³-hybridized carbons (Fsp3) is 0.562. The first-order valence-electron chi connectivity index (χ1n) is 7.41. The second kappa shape index (κ2) is 5.66. The largest absolute Gasteiger partial charge is 0.507 e. The van der Waals surface area contributed by atoms with Crippen LogP contribution in [0.3, 0.4) is 0 Å².